The average molecular weight is 222 g/mol. The molecule has 0 aliphatic carbocycles. The Hall–Kier alpha value is -0.981. The van der Waals surface area contributed by atoms with E-state index in [1.165, 1.54) is 9.05 Å². The van der Waals surface area contributed by atoms with Crippen LogP contribution in [0.4, 0.5) is 0 Å². The van der Waals surface area contributed by atoms with E-state index in [1.54, 1.807) is 0 Å². The first-order valence-corrected chi connectivity index (χ1v) is 5.53. The van der Waals surface area contributed by atoms with Gasteiger partial charge in [-0.2, -0.15) is 0 Å². The van der Waals surface area contributed by atoms with Gasteiger partial charge in [0, 0.05) is 0 Å². The predicted octanol–water partition coefficient (Wildman–Crippen LogP) is 0.670. The Morgan fingerprint density at radius 2 is 1.75 bits per heavy atom. The van der Waals surface area contributed by atoms with E-state index in [1.807, 2.05) is 18.3 Å². The van der Waals surface area contributed by atoms with Crippen molar-refractivity contribution in [2.24, 2.45) is 0 Å². The summed E-state index contributed by atoms with van der Waals surface area (Å²) in [5.41, 5.74) is 0. The van der Waals surface area contributed by atoms with E-state index in [0.29, 0.717) is 15.0 Å². The molecule has 1 aromatic carbocycles. The summed E-state index contributed by atoms with van der Waals surface area (Å²) in [6.45, 7) is 0. The first kappa shape index (κ1) is 7.66. The van der Waals surface area contributed by atoms with Crippen LogP contribution in [0.15, 0.2) is 48.7 Å². The van der Waals surface area contributed by atoms with Crippen LogP contribution in [0.1, 0.15) is 0 Å². The zero-order valence-electron chi connectivity index (χ0n) is 6.53. The number of hydrogen-bond acceptors (Lipinski definition) is 0. The fourth-order valence-corrected chi connectivity index (χ4v) is 2.71. The van der Waals surface area contributed by atoms with Crippen LogP contribution in [0, 0.1) is 0 Å². The minimum absolute atomic E-state index is 0.435. The molecule has 1 heterocycles. The zero-order chi connectivity index (χ0) is 8.23. The fraction of sp³-hybridized carbons (Fsp3) is 0. The fourth-order valence-electron chi connectivity index (χ4n) is 0.993. The molecule has 0 radical (unpaired) electrons. The molecule has 2 heteroatoms. The summed E-state index contributed by atoms with van der Waals surface area (Å²) in [5, 5.41) is 0. The number of rotatable bonds is 2. The summed E-state index contributed by atoms with van der Waals surface area (Å²) in [6, 6.07) is 14.7. The molecule has 0 saturated heterocycles. The Labute approximate surface area is 78.0 Å². The second-order valence-corrected chi connectivity index (χ2v) is 4.79. The predicted molar refractivity (Wildman–Crippen MR) is 52.3 cm³/mol. The standard InChI is InChI=1S/C10H9NSe/c1-2-5-9(6-3-1)12-10-7-4-8-11-10/h1-8,11H. The Balaban J connectivity index is 2.15. The van der Waals surface area contributed by atoms with E-state index in [0.717, 1.165) is 0 Å². The van der Waals surface area contributed by atoms with Gasteiger partial charge < -0.3 is 0 Å². The van der Waals surface area contributed by atoms with Crippen molar-refractivity contribution in [3.63, 3.8) is 0 Å². The molecular weight excluding hydrogens is 213 g/mol. The van der Waals surface area contributed by atoms with E-state index >= 15 is 0 Å². The van der Waals surface area contributed by atoms with Crippen LogP contribution in [0.2, 0.25) is 0 Å². The van der Waals surface area contributed by atoms with Gasteiger partial charge in [-0.1, -0.05) is 0 Å². The van der Waals surface area contributed by atoms with Crippen molar-refractivity contribution in [2.45, 2.75) is 0 Å². The molecule has 0 unspecified atom stereocenters. The first-order chi connectivity index (χ1) is 5.95. The van der Waals surface area contributed by atoms with Gasteiger partial charge in [-0.3, -0.25) is 0 Å². The molecule has 0 spiro atoms. The Morgan fingerprint density at radius 3 is 2.42 bits per heavy atom. The maximum atomic E-state index is 3.21. The maximum absolute atomic E-state index is 3.21. The third-order valence-corrected chi connectivity index (χ3v) is 3.60. The molecule has 12 heavy (non-hydrogen) atoms. The molecule has 1 aromatic heterocycles. The van der Waals surface area contributed by atoms with Crippen molar-refractivity contribution in [3.8, 4) is 0 Å². The molecule has 0 aliphatic heterocycles. The van der Waals surface area contributed by atoms with Crippen LogP contribution >= 0.6 is 0 Å². The van der Waals surface area contributed by atoms with Crippen molar-refractivity contribution in [1.82, 2.24) is 4.98 Å². The molecule has 0 fully saturated rings. The molecule has 2 aromatic rings. The Kier molecular flexibility index (Phi) is 2.31. The summed E-state index contributed by atoms with van der Waals surface area (Å²) < 4.78 is 2.74. The van der Waals surface area contributed by atoms with Gasteiger partial charge >= 0.3 is 77.7 Å². The monoisotopic (exact) mass is 223 g/mol. The number of aromatic amines is 1. The van der Waals surface area contributed by atoms with Gasteiger partial charge in [0.05, 0.1) is 0 Å². The van der Waals surface area contributed by atoms with E-state index in [2.05, 4.69) is 35.3 Å². The minimum atomic E-state index is 0.435. The van der Waals surface area contributed by atoms with Crippen molar-refractivity contribution in [2.75, 3.05) is 0 Å². The summed E-state index contributed by atoms with van der Waals surface area (Å²) in [5.74, 6) is 0. The molecule has 0 bridgehead atoms. The molecule has 0 atom stereocenters. The zero-order valence-corrected chi connectivity index (χ0v) is 8.24. The van der Waals surface area contributed by atoms with E-state index in [-0.39, 0.29) is 0 Å². The first-order valence-electron chi connectivity index (χ1n) is 3.81. The molecule has 1 nitrogen and oxygen atoms in total. The van der Waals surface area contributed by atoms with Crippen LogP contribution in [-0.2, 0) is 0 Å². The summed E-state index contributed by atoms with van der Waals surface area (Å²) >= 11 is 0.435. The second-order valence-electron chi connectivity index (χ2n) is 2.45. The van der Waals surface area contributed by atoms with Crippen LogP contribution in [0.5, 0.6) is 0 Å². The second kappa shape index (κ2) is 3.61. The summed E-state index contributed by atoms with van der Waals surface area (Å²) in [7, 11) is 0. The van der Waals surface area contributed by atoms with E-state index < -0.39 is 0 Å². The number of H-pyrrole nitrogens is 1. The molecule has 1 N–H and O–H groups in total. The van der Waals surface area contributed by atoms with Crippen LogP contribution < -0.4 is 9.05 Å². The van der Waals surface area contributed by atoms with Crippen LogP contribution in [-0.4, -0.2) is 19.9 Å². The van der Waals surface area contributed by atoms with Gasteiger partial charge in [0.1, 0.15) is 0 Å². The van der Waals surface area contributed by atoms with Gasteiger partial charge in [0.25, 0.3) is 0 Å². The normalized spacial score (nSPS) is 10.0. The Morgan fingerprint density at radius 1 is 0.917 bits per heavy atom. The Bertz CT molecular complexity index is 326. The van der Waals surface area contributed by atoms with Crippen molar-refractivity contribution >= 4 is 24.0 Å². The van der Waals surface area contributed by atoms with Crippen LogP contribution in [0.25, 0.3) is 0 Å². The summed E-state index contributed by atoms with van der Waals surface area (Å²) in [4.78, 5) is 3.21. The topological polar surface area (TPSA) is 15.8 Å². The van der Waals surface area contributed by atoms with Crippen molar-refractivity contribution < 1.29 is 0 Å². The van der Waals surface area contributed by atoms with Gasteiger partial charge in [0.15, 0.2) is 0 Å². The summed E-state index contributed by atoms with van der Waals surface area (Å²) in [6.07, 6.45) is 1.97. The molecule has 0 amide bonds. The van der Waals surface area contributed by atoms with Crippen LogP contribution in [0.3, 0.4) is 0 Å². The number of nitrogens with one attached hydrogen (secondary N) is 1. The van der Waals surface area contributed by atoms with Gasteiger partial charge in [0.2, 0.25) is 0 Å². The van der Waals surface area contributed by atoms with Gasteiger partial charge in [-0.05, 0) is 0 Å². The van der Waals surface area contributed by atoms with Crippen molar-refractivity contribution in [3.05, 3.63) is 48.7 Å². The van der Waals surface area contributed by atoms with E-state index in [9.17, 15) is 0 Å². The SMILES string of the molecule is c1ccc([Se]c2ccc[nH]2)cc1. The molecule has 60 valence electrons. The molecular formula is C10H9NSe. The third-order valence-electron chi connectivity index (χ3n) is 1.54. The number of benzene rings is 1. The molecule has 0 saturated carbocycles. The molecule has 0 aliphatic rings. The third kappa shape index (κ3) is 1.79. The average Bonchev–Trinajstić information content (AvgIpc) is 2.59. The van der Waals surface area contributed by atoms with Gasteiger partial charge in [-0.15, -0.1) is 0 Å². The quantitative estimate of drug-likeness (QED) is 0.719. The molecule has 2 rings (SSSR count). The van der Waals surface area contributed by atoms with Gasteiger partial charge in [-0.25, -0.2) is 0 Å². The van der Waals surface area contributed by atoms with E-state index in [4.69, 9.17) is 0 Å². The number of hydrogen-bond donors (Lipinski definition) is 1. The number of aromatic nitrogens is 1. The van der Waals surface area contributed by atoms with Crippen molar-refractivity contribution in [1.29, 1.82) is 0 Å².